The maximum atomic E-state index is 3.59. The molecule has 0 radical (unpaired) electrons. The first-order valence-corrected chi connectivity index (χ1v) is 7.36. The number of thioether (sulfide) groups is 1. The molecular weight excluding hydrogens is 270 g/mol. The Kier molecular flexibility index (Phi) is 4.12. The van der Waals surface area contributed by atoms with Crippen molar-refractivity contribution < 1.29 is 0 Å². The summed E-state index contributed by atoms with van der Waals surface area (Å²) in [6.45, 7) is 2.31. The van der Waals surface area contributed by atoms with Crippen LogP contribution in [0.3, 0.4) is 0 Å². The third-order valence-electron chi connectivity index (χ3n) is 2.90. The standard InChI is InChI=1S/C12H16BrNS/c1-15-12-6-10(5-11(13)7-12)9-3-2-4-14-8-9/h5-7,9,14H,2-4,8H2,1H3. The predicted octanol–water partition coefficient (Wildman–Crippen LogP) is 3.64. The molecule has 0 amide bonds. The fourth-order valence-corrected chi connectivity index (χ4v) is 3.24. The maximum absolute atomic E-state index is 3.59. The van der Waals surface area contributed by atoms with E-state index in [1.54, 1.807) is 0 Å². The monoisotopic (exact) mass is 285 g/mol. The Morgan fingerprint density at radius 3 is 2.93 bits per heavy atom. The predicted molar refractivity (Wildman–Crippen MR) is 70.8 cm³/mol. The zero-order valence-electron chi connectivity index (χ0n) is 8.92. The molecule has 1 aliphatic heterocycles. The van der Waals surface area contributed by atoms with Gasteiger partial charge in [0.1, 0.15) is 0 Å². The van der Waals surface area contributed by atoms with Crippen molar-refractivity contribution in [2.75, 3.05) is 19.3 Å². The molecule has 82 valence electrons. The van der Waals surface area contributed by atoms with Gasteiger partial charge in [-0.25, -0.2) is 0 Å². The fraction of sp³-hybridized carbons (Fsp3) is 0.500. The summed E-state index contributed by atoms with van der Waals surface area (Å²) in [5.41, 5.74) is 1.47. The SMILES string of the molecule is CSc1cc(Br)cc(C2CCCNC2)c1. The van der Waals surface area contributed by atoms with Crippen molar-refractivity contribution in [1.82, 2.24) is 5.32 Å². The van der Waals surface area contributed by atoms with Crippen molar-refractivity contribution in [1.29, 1.82) is 0 Å². The molecule has 15 heavy (non-hydrogen) atoms. The van der Waals surface area contributed by atoms with Crippen LogP contribution < -0.4 is 5.32 Å². The lowest BCUT2D eigenvalue weighted by Gasteiger charge is -2.23. The number of nitrogens with one attached hydrogen (secondary N) is 1. The van der Waals surface area contributed by atoms with Crippen LogP contribution in [0.25, 0.3) is 0 Å². The molecule has 1 unspecified atom stereocenters. The van der Waals surface area contributed by atoms with E-state index in [1.165, 1.54) is 34.3 Å². The minimum Gasteiger partial charge on any atom is -0.316 e. The van der Waals surface area contributed by atoms with Gasteiger partial charge in [0.2, 0.25) is 0 Å². The number of halogens is 1. The van der Waals surface area contributed by atoms with Crippen molar-refractivity contribution >= 4 is 27.7 Å². The van der Waals surface area contributed by atoms with Crippen LogP contribution in [0.5, 0.6) is 0 Å². The van der Waals surface area contributed by atoms with Crippen LogP contribution in [0.4, 0.5) is 0 Å². The van der Waals surface area contributed by atoms with E-state index in [4.69, 9.17) is 0 Å². The Morgan fingerprint density at radius 1 is 1.40 bits per heavy atom. The average Bonchev–Trinajstić information content (AvgIpc) is 2.29. The van der Waals surface area contributed by atoms with Crippen LogP contribution in [0.1, 0.15) is 24.3 Å². The van der Waals surface area contributed by atoms with Gasteiger partial charge >= 0.3 is 0 Å². The zero-order valence-corrected chi connectivity index (χ0v) is 11.3. The van der Waals surface area contributed by atoms with Crippen LogP contribution in [-0.4, -0.2) is 19.3 Å². The molecule has 2 rings (SSSR count). The van der Waals surface area contributed by atoms with Gasteiger partial charge in [0, 0.05) is 15.9 Å². The van der Waals surface area contributed by atoms with Crippen molar-refractivity contribution in [2.45, 2.75) is 23.7 Å². The smallest absolute Gasteiger partial charge is 0.0189 e. The van der Waals surface area contributed by atoms with E-state index in [0.29, 0.717) is 5.92 Å². The molecule has 1 aliphatic rings. The summed E-state index contributed by atoms with van der Waals surface area (Å²) in [5, 5.41) is 3.47. The first-order valence-electron chi connectivity index (χ1n) is 5.35. The van der Waals surface area contributed by atoms with Gasteiger partial charge in [-0.3, -0.25) is 0 Å². The molecule has 0 saturated carbocycles. The van der Waals surface area contributed by atoms with Gasteiger partial charge in [0.05, 0.1) is 0 Å². The van der Waals surface area contributed by atoms with Gasteiger partial charge in [-0.2, -0.15) is 0 Å². The van der Waals surface area contributed by atoms with E-state index < -0.39 is 0 Å². The van der Waals surface area contributed by atoms with Crippen molar-refractivity contribution in [3.8, 4) is 0 Å². The summed E-state index contributed by atoms with van der Waals surface area (Å²) >= 11 is 5.40. The molecule has 3 heteroatoms. The number of piperidine rings is 1. The molecule has 1 N–H and O–H groups in total. The third kappa shape index (κ3) is 2.99. The first-order chi connectivity index (χ1) is 7.29. The van der Waals surface area contributed by atoms with E-state index in [0.717, 1.165) is 6.54 Å². The largest absolute Gasteiger partial charge is 0.316 e. The number of benzene rings is 1. The van der Waals surface area contributed by atoms with Crippen LogP contribution in [-0.2, 0) is 0 Å². The second-order valence-corrected chi connectivity index (χ2v) is 5.76. The van der Waals surface area contributed by atoms with Gasteiger partial charge in [-0.1, -0.05) is 15.9 Å². The highest BCUT2D eigenvalue weighted by Crippen LogP contribution is 2.29. The second-order valence-electron chi connectivity index (χ2n) is 3.97. The number of hydrogen-bond donors (Lipinski definition) is 1. The molecule has 1 aromatic rings. The molecule has 0 bridgehead atoms. The van der Waals surface area contributed by atoms with Gasteiger partial charge in [0.15, 0.2) is 0 Å². The lowest BCUT2D eigenvalue weighted by atomic mass is 9.92. The topological polar surface area (TPSA) is 12.0 Å². The molecule has 0 aromatic heterocycles. The van der Waals surface area contributed by atoms with E-state index in [2.05, 4.69) is 45.7 Å². The van der Waals surface area contributed by atoms with E-state index in [1.807, 2.05) is 11.8 Å². The molecule has 1 aromatic carbocycles. The normalized spacial score (nSPS) is 21.6. The maximum Gasteiger partial charge on any atom is 0.0189 e. The molecule has 1 nitrogen and oxygen atoms in total. The quantitative estimate of drug-likeness (QED) is 0.833. The summed E-state index contributed by atoms with van der Waals surface area (Å²) in [5.74, 6) is 0.696. The molecular formula is C12H16BrNS. The van der Waals surface area contributed by atoms with Crippen molar-refractivity contribution in [2.24, 2.45) is 0 Å². The molecule has 1 saturated heterocycles. The highest BCUT2D eigenvalue weighted by molar-refractivity contribution is 9.10. The highest BCUT2D eigenvalue weighted by Gasteiger charge is 2.15. The lowest BCUT2D eigenvalue weighted by molar-refractivity contribution is 0.461. The zero-order chi connectivity index (χ0) is 10.7. The Hall–Kier alpha value is 0.01000. The first kappa shape index (κ1) is 11.5. The van der Waals surface area contributed by atoms with Crippen LogP contribution in [0.2, 0.25) is 0 Å². The van der Waals surface area contributed by atoms with E-state index in [-0.39, 0.29) is 0 Å². The van der Waals surface area contributed by atoms with Crippen molar-refractivity contribution in [3.05, 3.63) is 28.2 Å². The summed E-state index contributed by atoms with van der Waals surface area (Å²) in [4.78, 5) is 1.35. The van der Waals surface area contributed by atoms with Crippen LogP contribution in [0, 0.1) is 0 Å². The van der Waals surface area contributed by atoms with Gasteiger partial charge in [-0.05, 0) is 55.3 Å². The Labute approximate surface area is 104 Å². The summed E-state index contributed by atoms with van der Waals surface area (Å²) in [6.07, 6.45) is 4.74. The lowest BCUT2D eigenvalue weighted by Crippen LogP contribution is -2.28. The van der Waals surface area contributed by atoms with Crippen LogP contribution >= 0.6 is 27.7 Å². The van der Waals surface area contributed by atoms with Gasteiger partial charge < -0.3 is 5.32 Å². The number of hydrogen-bond acceptors (Lipinski definition) is 2. The van der Waals surface area contributed by atoms with E-state index >= 15 is 0 Å². The Balaban J connectivity index is 2.22. The molecule has 1 atom stereocenters. The molecule has 1 heterocycles. The fourth-order valence-electron chi connectivity index (χ4n) is 2.07. The van der Waals surface area contributed by atoms with E-state index in [9.17, 15) is 0 Å². The second kappa shape index (κ2) is 5.37. The Bertz CT molecular complexity index is 334. The van der Waals surface area contributed by atoms with Gasteiger partial charge in [0.25, 0.3) is 0 Å². The summed E-state index contributed by atoms with van der Waals surface area (Å²) in [7, 11) is 0. The number of rotatable bonds is 2. The Morgan fingerprint density at radius 2 is 2.27 bits per heavy atom. The summed E-state index contributed by atoms with van der Waals surface area (Å²) < 4.78 is 1.20. The van der Waals surface area contributed by atoms with Gasteiger partial charge in [-0.15, -0.1) is 11.8 Å². The van der Waals surface area contributed by atoms with Crippen LogP contribution in [0.15, 0.2) is 27.6 Å². The molecule has 1 fully saturated rings. The molecule has 0 spiro atoms. The van der Waals surface area contributed by atoms with Crippen molar-refractivity contribution in [3.63, 3.8) is 0 Å². The summed E-state index contributed by atoms with van der Waals surface area (Å²) in [6, 6.07) is 6.77. The minimum atomic E-state index is 0.696. The minimum absolute atomic E-state index is 0.696. The molecule has 0 aliphatic carbocycles. The third-order valence-corrected chi connectivity index (χ3v) is 4.06. The average molecular weight is 286 g/mol. The highest BCUT2D eigenvalue weighted by atomic mass is 79.9.